The van der Waals surface area contributed by atoms with E-state index >= 15 is 0 Å². The maximum absolute atomic E-state index is 9.97. The Morgan fingerprint density at radius 1 is 1.00 bits per heavy atom. The van der Waals surface area contributed by atoms with Crippen molar-refractivity contribution in [3.05, 3.63) is 25.3 Å². The molecule has 0 unspecified atom stereocenters. The summed E-state index contributed by atoms with van der Waals surface area (Å²) in [5.41, 5.74) is 0. The first-order chi connectivity index (χ1) is 5.54. The molecular weight excluding hydrogens is 200 g/mol. The van der Waals surface area contributed by atoms with E-state index in [0.29, 0.717) is 12.8 Å². The van der Waals surface area contributed by atoms with Gasteiger partial charge in [-0.2, -0.15) is 0 Å². The number of Topliss-reactive ketones (excluding diaryl/α,β-unsaturated/α-hetero) is 2. The molecule has 0 amide bonds. The van der Waals surface area contributed by atoms with E-state index < -0.39 is 0 Å². The van der Waals surface area contributed by atoms with Crippen LogP contribution in [-0.2, 0) is 31.3 Å². The molecule has 0 saturated carbocycles. The quantitative estimate of drug-likeness (QED) is 0.533. The predicted molar refractivity (Wildman–Crippen MR) is 51.0 cm³/mol. The zero-order valence-corrected chi connectivity index (χ0v) is 9.86. The Morgan fingerprint density at radius 3 is 1.23 bits per heavy atom. The van der Waals surface area contributed by atoms with Gasteiger partial charge in [0.1, 0.15) is 11.6 Å². The Balaban J connectivity index is -0.000000143. The van der Waals surface area contributed by atoms with E-state index in [1.165, 1.54) is 0 Å². The zero-order chi connectivity index (χ0) is 9.98. The second-order valence-corrected chi connectivity index (χ2v) is 2.39. The molecule has 0 aromatic carbocycles. The number of carbonyl (C=O) groups excluding carboxylic acids is 2. The molecule has 0 aromatic rings. The molecule has 0 N–H and O–H groups in total. The summed E-state index contributed by atoms with van der Waals surface area (Å²) in [5, 5.41) is 0. The van der Waals surface area contributed by atoms with Gasteiger partial charge in [0.2, 0.25) is 0 Å². The van der Waals surface area contributed by atoms with E-state index in [4.69, 9.17) is 0 Å². The molecule has 0 rings (SSSR count). The first kappa shape index (κ1) is 18.3. The van der Waals surface area contributed by atoms with Gasteiger partial charge in [0.25, 0.3) is 0 Å². The minimum absolute atomic E-state index is 0. The van der Waals surface area contributed by atoms with Gasteiger partial charge in [-0.3, -0.25) is 9.59 Å². The monoisotopic (exact) mass is 216 g/mol. The smallest absolute Gasteiger partial charge is 0.133 e. The van der Waals surface area contributed by atoms with Gasteiger partial charge in [0.15, 0.2) is 0 Å². The van der Waals surface area contributed by atoms with E-state index in [1.54, 1.807) is 26.0 Å². The summed E-state index contributed by atoms with van der Waals surface area (Å²) in [5.74, 6) is 0.343. The summed E-state index contributed by atoms with van der Waals surface area (Å²) >= 11 is 0. The molecule has 72 valence electrons. The van der Waals surface area contributed by atoms with Crippen molar-refractivity contribution in [1.82, 2.24) is 0 Å². The van der Waals surface area contributed by atoms with Gasteiger partial charge in [-0.25, -0.2) is 0 Å². The minimum atomic E-state index is 0. The fourth-order valence-corrected chi connectivity index (χ4v) is 0.407. The summed E-state index contributed by atoms with van der Waals surface area (Å²) < 4.78 is 0. The van der Waals surface area contributed by atoms with Crippen LogP contribution in [0.3, 0.4) is 0 Å². The predicted octanol–water partition coefficient (Wildman–Crippen LogP) is 2.30. The van der Waals surface area contributed by atoms with E-state index in [1.807, 2.05) is 0 Å². The SMILES string of the molecule is C=CCC(C)=O.C=CCC(C)=O.[Ti]. The van der Waals surface area contributed by atoms with Gasteiger partial charge in [0, 0.05) is 34.6 Å². The van der Waals surface area contributed by atoms with Crippen LogP contribution in [0.4, 0.5) is 0 Å². The third kappa shape index (κ3) is 34.2. The van der Waals surface area contributed by atoms with E-state index in [-0.39, 0.29) is 33.3 Å². The van der Waals surface area contributed by atoms with Crippen LogP contribution in [0.1, 0.15) is 26.7 Å². The molecule has 2 nitrogen and oxygen atoms in total. The van der Waals surface area contributed by atoms with Crippen LogP contribution in [-0.4, -0.2) is 11.6 Å². The summed E-state index contributed by atoms with van der Waals surface area (Å²) in [7, 11) is 0. The van der Waals surface area contributed by atoms with Crippen LogP contribution in [0.15, 0.2) is 25.3 Å². The van der Waals surface area contributed by atoms with Gasteiger partial charge >= 0.3 is 0 Å². The summed E-state index contributed by atoms with van der Waals surface area (Å²) in [6.07, 6.45) is 4.20. The van der Waals surface area contributed by atoms with Crippen LogP contribution in [0.2, 0.25) is 0 Å². The average molecular weight is 216 g/mol. The topological polar surface area (TPSA) is 34.1 Å². The number of hydrogen-bond donors (Lipinski definition) is 0. The number of ketones is 2. The number of carbonyl (C=O) groups is 2. The van der Waals surface area contributed by atoms with E-state index in [2.05, 4.69) is 13.2 Å². The molecule has 13 heavy (non-hydrogen) atoms. The Hall–Kier alpha value is -0.466. The molecule has 0 spiro atoms. The maximum Gasteiger partial charge on any atom is 0.133 e. The molecular formula is C10H16O2Ti. The van der Waals surface area contributed by atoms with Crippen molar-refractivity contribution in [3.63, 3.8) is 0 Å². The molecule has 0 aliphatic carbocycles. The number of hydrogen-bond acceptors (Lipinski definition) is 2. The molecule has 0 heterocycles. The Kier molecular flexibility index (Phi) is 19.9. The fourth-order valence-electron chi connectivity index (χ4n) is 0.407. The van der Waals surface area contributed by atoms with Crippen molar-refractivity contribution in [3.8, 4) is 0 Å². The Labute approximate surface area is 95.0 Å². The van der Waals surface area contributed by atoms with Crippen molar-refractivity contribution in [1.29, 1.82) is 0 Å². The molecule has 0 saturated heterocycles. The normalized spacial score (nSPS) is 6.92. The minimum Gasteiger partial charge on any atom is -0.300 e. The van der Waals surface area contributed by atoms with Crippen LogP contribution in [0.5, 0.6) is 0 Å². The third-order valence-corrected chi connectivity index (χ3v) is 0.864. The molecule has 0 fully saturated rings. The van der Waals surface area contributed by atoms with Gasteiger partial charge < -0.3 is 0 Å². The van der Waals surface area contributed by atoms with Crippen molar-refractivity contribution in [2.45, 2.75) is 26.7 Å². The third-order valence-electron chi connectivity index (χ3n) is 0.864. The van der Waals surface area contributed by atoms with Crippen LogP contribution in [0.25, 0.3) is 0 Å². The van der Waals surface area contributed by atoms with E-state index in [0.717, 1.165) is 0 Å². The Morgan fingerprint density at radius 2 is 1.23 bits per heavy atom. The molecule has 3 heteroatoms. The molecule has 0 radical (unpaired) electrons. The number of rotatable bonds is 4. The molecule has 0 aliphatic heterocycles. The van der Waals surface area contributed by atoms with Gasteiger partial charge in [0.05, 0.1) is 0 Å². The second kappa shape index (κ2) is 14.1. The molecule has 0 aromatic heterocycles. The van der Waals surface area contributed by atoms with Crippen LogP contribution in [0, 0.1) is 0 Å². The Bertz CT molecular complexity index is 154. The summed E-state index contributed by atoms with van der Waals surface area (Å²) in [6, 6.07) is 0. The average Bonchev–Trinajstić information content (AvgIpc) is 1.87. The maximum atomic E-state index is 9.97. The first-order valence-electron chi connectivity index (χ1n) is 3.75. The van der Waals surface area contributed by atoms with Gasteiger partial charge in [-0.15, -0.1) is 13.2 Å². The largest absolute Gasteiger partial charge is 0.300 e. The van der Waals surface area contributed by atoms with Crippen molar-refractivity contribution in [2.75, 3.05) is 0 Å². The first-order valence-corrected chi connectivity index (χ1v) is 3.75. The summed E-state index contributed by atoms with van der Waals surface area (Å²) in [6.45, 7) is 9.85. The van der Waals surface area contributed by atoms with Crippen molar-refractivity contribution < 1.29 is 31.3 Å². The standard InChI is InChI=1S/2C5H8O.Ti/c2*1-3-4-5(2)6;/h2*3H,1,4H2,2H3;. The van der Waals surface area contributed by atoms with Crippen molar-refractivity contribution >= 4 is 11.6 Å². The van der Waals surface area contributed by atoms with E-state index in [9.17, 15) is 9.59 Å². The van der Waals surface area contributed by atoms with Crippen LogP contribution >= 0.6 is 0 Å². The molecule has 0 atom stereocenters. The number of allylic oxidation sites excluding steroid dienone is 2. The molecule has 0 bridgehead atoms. The van der Waals surface area contributed by atoms with Gasteiger partial charge in [-0.1, -0.05) is 12.2 Å². The van der Waals surface area contributed by atoms with Crippen LogP contribution < -0.4 is 0 Å². The zero-order valence-electron chi connectivity index (χ0n) is 8.30. The summed E-state index contributed by atoms with van der Waals surface area (Å²) in [4.78, 5) is 19.9. The second-order valence-electron chi connectivity index (χ2n) is 2.39. The van der Waals surface area contributed by atoms with Gasteiger partial charge in [-0.05, 0) is 13.8 Å². The molecule has 0 aliphatic rings. The van der Waals surface area contributed by atoms with Crippen molar-refractivity contribution in [2.24, 2.45) is 0 Å². The fraction of sp³-hybridized carbons (Fsp3) is 0.400.